The molecule has 3 aliphatic rings. The first-order chi connectivity index (χ1) is 33.9. The summed E-state index contributed by atoms with van der Waals surface area (Å²) in [6, 6.07) is 88.2. The smallest absolute Gasteiger partial charge is 0.0465 e. The van der Waals surface area contributed by atoms with Crippen molar-refractivity contribution in [1.82, 2.24) is 0 Å². The molecule has 0 bridgehead atoms. The van der Waals surface area contributed by atoms with E-state index in [0.717, 1.165) is 11.4 Å². The average Bonchev–Trinajstić information content (AvgIpc) is 4.09. The van der Waals surface area contributed by atoms with Gasteiger partial charge < -0.3 is 4.90 Å². The molecule has 0 unspecified atom stereocenters. The van der Waals surface area contributed by atoms with Crippen molar-refractivity contribution in [2.45, 2.75) is 50.4 Å². The van der Waals surface area contributed by atoms with Gasteiger partial charge in [0.05, 0.1) is 0 Å². The van der Waals surface area contributed by atoms with Crippen LogP contribution in [0.5, 0.6) is 0 Å². The Bertz CT molecular complexity index is 3540. The van der Waals surface area contributed by atoms with Crippen LogP contribution in [0.25, 0.3) is 77.9 Å². The summed E-state index contributed by atoms with van der Waals surface area (Å²) >= 11 is 0. The number of benzene rings is 10. The highest BCUT2D eigenvalue weighted by molar-refractivity contribution is 5.94. The van der Waals surface area contributed by atoms with Gasteiger partial charge in [0.2, 0.25) is 0 Å². The zero-order chi connectivity index (χ0) is 46.1. The molecule has 0 N–H and O–H groups in total. The fourth-order valence-corrected chi connectivity index (χ4v) is 12.5. The van der Waals surface area contributed by atoms with Crippen LogP contribution in [0.1, 0.15) is 61.8 Å². The largest absolute Gasteiger partial charge is 0.310 e. The van der Waals surface area contributed by atoms with Gasteiger partial charge in [-0.3, -0.25) is 0 Å². The first kappa shape index (κ1) is 41.2. The predicted octanol–water partition coefficient (Wildman–Crippen LogP) is 18.6. The van der Waals surface area contributed by atoms with E-state index in [1.54, 1.807) is 0 Å². The highest BCUT2D eigenvalue weighted by atomic mass is 15.1. The summed E-state index contributed by atoms with van der Waals surface area (Å²) in [5.41, 5.74) is 27.1. The number of hydrogen-bond donors (Lipinski definition) is 0. The van der Waals surface area contributed by atoms with Crippen LogP contribution in [0.4, 0.5) is 17.1 Å². The van der Waals surface area contributed by atoms with Gasteiger partial charge in [-0.25, -0.2) is 0 Å². The Hall–Kier alpha value is -8.00. The molecule has 0 saturated heterocycles. The number of rotatable bonds is 8. The van der Waals surface area contributed by atoms with Gasteiger partial charge in [-0.1, -0.05) is 227 Å². The molecule has 0 atom stereocenters. The lowest BCUT2D eigenvalue weighted by Gasteiger charge is -2.30. The number of anilines is 3. The van der Waals surface area contributed by atoms with E-state index in [1.807, 2.05) is 0 Å². The van der Waals surface area contributed by atoms with Crippen LogP contribution in [0.3, 0.4) is 0 Å². The Balaban J connectivity index is 0.865. The van der Waals surface area contributed by atoms with Gasteiger partial charge in [0.15, 0.2) is 0 Å². The van der Waals surface area contributed by atoms with Crippen LogP contribution in [0.2, 0.25) is 0 Å². The lowest BCUT2D eigenvalue weighted by Crippen LogP contribution is -2.21. The summed E-state index contributed by atoms with van der Waals surface area (Å²) in [6.45, 7) is 4.77. The first-order valence-corrected chi connectivity index (χ1v) is 24.8. The molecular formula is C68H53N. The Morgan fingerprint density at radius 2 is 0.681 bits per heavy atom. The highest BCUT2D eigenvalue weighted by Crippen LogP contribution is 2.58. The van der Waals surface area contributed by atoms with Gasteiger partial charge in [-0.15, -0.1) is 0 Å². The van der Waals surface area contributed by atoms with Crippen LogP contribution in [0.15, 0.2) is 237 Å². The monoisotopic (exact) mass is 883 g/mol. The second-order valence-corrected chi connectivity index (χ2v) is 20.0. The zero-order valence-corrected chi connectivity index (χ0v) is 39.3. The van der Waals surface area contributed by atoms with Crippen molar-refractivity contribution >= 4 is 17.1 Å². The molecule has 69 heavy (non-hydrogen) atoms. The summed E-state index contributed by atoms with van der Waals surface area (Å²) in [4.78, 5) is 2.47. The molecule has 10 aromatic rings. The van der Waals surface area contributed by atoms with Gasteiger partial charge in [0.25, 0.3) is 0 Å². The van der Waals surface area contributed by atoms with Crippen molar-refractivity contribution in [3.63, 3.8) is 0 Å². The average molecular weight is 884 g/mol. The summed E-state index contributed by atoms with van der Waals surface area (Å²) in [6.07, 6.45) is 4.94. The fraction of sp³-hybridized carbons (Fsp3) is 0.118. The van der Waals surface area contributed by atoms with Crippen LogP contribution >= 0.6 is 0 Å². The molecule has 1 spiro atoms. The normalized spacial score (nSPS) is 14.5. The Morgan fingerprint density at radius 3 is 1.26 bits per heavy atom. The third kappa shape index (κ3) is 6.74. The van der Waals surface area contributed by atoms with Crippen LogP contribution < -0.4 is 4.90 Å². The topological polar surface area (TPSA) is 3.24 Å². The maximum absolute atomic E-state index is 2.53. The number of fused-ring (bicyclic) bond motifs is 8. The van der Waals surface area contributed by atoms with Crippen molar-refractivity contribution in [3.05, 3.63) is 259 Å². The molecule has 0 heterocycles. The molecule has 0 radical (unpaired) electrons. The predicted molar refractivity (Wildman–Crippen MR) is 291 cm³/mol. The summed E-state index contributed by atoms with van der Waals surface area (Å²) in [7, 11) is 0. The van der Waals surface area contributed by atoms with E-state index in [9.17, 15) is 0 Å². The molecule has 1 heteroatoms. The van der Waals surface area contributed by atoms with Crippen LogP contribution in [0, 0.1) is 0 Å². The number of nitrogens with zero attached hydrogens (tertiary/aromatic N) is 1. The van der Waals surface area contributed by atoms with Crippen molar-refractivity contribution in [3.8, 4) is 77.9 Å². The lowest BCUT2D eigenvalue weighted by molar-refractivity contribution is 0.550. The van der Waals surface area contributed by atoms with Gasteiger partial charge in [-0.05, 0) is 149 Å². The summed E-state index contributed by atoms with van der Waals surface area (Å²) < 4.78 is 0. The molecule has 0 aromatic heterocycles. The second kappa shape index (κ2) is 16.4. The SMILES string of the molecule is CC1(C)c2ccccc2-c2cccc(-c3ccccc3-c3ccc(N(c4ccc(-c5ccc(-c6ccc(-c7ccccc7)cc6)cc5)cc4)c4ccc5c(c4)C4(CCCC4)c4ccccc4-5)cc3)c21. The van der Waals surface area contributed by atoms with E-state index in [4.69, 9.17) is 0 Å². The van der Waals surface area contributed by atoms with E-state index < -0.39 is 0 Å². The third-order valence-corrected chi connectivity index (χ3v) is 15.9. The minimum Gasteiger partial charge on any atom is -0.310 e. The Morgan fingerprint density at radius 1 is 0.290 bits per heavy atom. The fourth-order valence-electron chi connectivity index (χ4n) is 12.5. The van der Waals surface area contributed by atoms with E-state index in [-0.39, 0.29) is 10.8 Å². The maximum Gasteiger partial charge on any atom is 0.0465 e. The minimum atomic E-state index is -0.108. The van der Waals surface area contributed by atoms with E-state index in [1.165, 1.54) is 132 Å². The van der Waals surface area contributed by atoms with Crippen molar-refractivity contribution < 1.29 is 0 Å². The lowest BCUT2D eigenvalue weighted by atomic mass is 9.76. The summed E-state index contributed by atoms with van der Waals surface area (Å²) in [5.74, 6) is 0. The molecule has 0 amide bonds. The first-order valence-electron chi connectivity index (χ1n) is 24.8. The zero-order valence-electron chi connectivity index (χ0n) is 39.3. The standard InChI is InChI=1S/C68H53N/c1-67(2)63-23-10-8-20-59(63)62-22-14-21-61(66(62)67)57-18-7-6-17-56(57)52-35-39-54(40-36-52)69(55-41-42-60-58-19-9-11-24-64(58)68(65(60)45-55)43-12-13-44-68)53-37-33-51(34-38-53)50-31-29-49(30-32-50)48-27-25-47(26-28-48)46-15-4-3-5-16-46/h3-11,14-42,45H,12-13,43-44H2,1-2H3. The van der Waals surface area contributed by atoms with Crippen LogP contribution in [-0.2, 0) is 10.8 Å². The molecule has 1 nitrogen and oxygen atoms in total. The maximum atomic E-state index is 2.53. The Kier molecular flexibility index (Phi) is 9.77. The minimum absolute atomic E-state index is 0.0781. The molecule has 330 valence electrons. The molecule has 3 aliphatic carbocycles. The number of hydrogen-bond acceptors (Lipinski definition) is 1. The van der Waals surface area contributed by atoms with Crippen molar-refractivity contribution in [1.29, 1.82) is 0 Å². The van der Waals surface area contributed by atoms with E-state index in [2.05, 4.69) is 255 Å². The van der Waals surface area contributed by atoms with Gasteiger partial charge in [0, 0.05) is 27.9 Å². The molecule has 1 saturated carbocycles. The van der Waals surface area contributed by atoms with Crippen molar-refractivity contribution in [2.24, 2.45) is 0 Å². The summed E-state index contributed by atoms with van der Waals surface area (Å²) in [5, 5.41) is 0. The highest BCUT2D eigenvalue weighted by Gasteiger charge is 2.45. The molecule has 10 aromatic carbocycles. The Labute approximate surface area is 407 Å². The quantitative estimate of drug-likeness (QED) is 0.147. The van der Waals surface area contributed by atoms with Gasteiger partial charge in [0.1, 0.15) is 0 Å². The molecule has 13 rings (SSSR count). The van der Waals surface area contributed by atoms with E-state index in [0.29, 0.717) is 0 Å². The third-order valence-electron chi connectivity index (χ3n) is 15.9. The molecular weight excluding hydrogens is 831 g/mol. The second-order valence-electron chi connectivity index (χ2n) is 20.0. The molecule has 1 fully saturated rings. The van der Waals surface area contributed by atoms with E-state index >= 15 is 0 Å². The van der Waals surface area contributed by atoms with Gasteiger partial charge >= 0.3 is 0 Å². The molecule has 0 aliphatic heterocycles. The van der Waals surface area contributed by atoms with Crippen LogP contribution in [-0.4, -0.2) is 0 Å². The van der Waals surface area contributed by atoms with Gasteiger partial charge in [-0.2, -0.15) is 0 Å². The van der Waals surface area contributed by atoms with Crippen molar-refractivity contribution in [2.75, 3.05) is 4.90 Å².